The van der Waals surface area contributed by atoms with Crippen molar-refractivity contribution in [1.29, 1.82) is 0 Å². The van der Waals surface area contributed by atoms with Gasteiger partial charge in [0.15, 0.2) is 23.0 Å². The maximum Gasteiger partial charge on any atom is 0.335 e. The van der Waals surface area contributed by atoms with Crippen molar-refractivity contribution in [3.05, 3.63) is 87.3 Å². The number of hydrogen-bond acceptors (Lipinski definition) is 10. The zero-order chi connectivity index (χ0) is 27.4. The molecular weight excluding hydrogens is 492 g/mol. The molecule has 38 heavy (non-hydrogen) atoms. The fraction of sp³-hybridized carbons (Fsp3) is 0. The lowest BCUT2D eigenvalue weighted by molar-refractivity contribution is -0.131. The van der Waals surface area contributed by atoms with Gasteiger partial charge in [-0.15, -0.1) is 0 Å². The van der Waals surface area contributed by atoms with Gasteiger partial charge in [-0.25, -0.2) is 19.2 Å². The Bertz CT molecular complexity index is 1600. The molecule has 3 aromatic carbocycles. The van der Waals surface area contributed by atoms with Crippen molar-refractivity contribution in [2.45, 2.75) is 0 Å². The number of aromatic nitrogens is 2. The molecule has 10 nitrogen and oxygen atoms in total. The summed E-state index contributed by atoms with van der Waals surface area (Å²) in [4.78, 5) is 56.9. The summed E-state index contributed by atoms with van der Waals surface area (Å²) in [6.07, 6.45) is 6.73. The molecule has 10 heteroatoms. The van der Waals surface area contributed by atoms with Crippen LogP contribution in [0.25, 0.3) is 32.6 Å². The number of carbonyl (C=O) groups is 4. The van der Waals surface area contributed by atoms with Crippen LogP contribution in [0.1, 0.15) is 0 Å². The highest BCUT2D eigenvalue weighted by molar-refractivity contribution is 6.24. The fourth-order valence-electron chi connectivity index (χ4n) is 3.61. The van der Waals surface area contributed by atoms with Gasteiger partial charge in [0.25, 0.3) is 0 Å². The van der Waals surface area contributed by atoms with E-state index in [-0.39, 0.29) is 23.0 Å². The van der Waals surface area contributed by atoms with Gasteiger partial charge in [-0.05, 0) is 35.0 Å². The molecule has 0 bridgehead atoms. The van der Waals surface area contributed by atoms with E-state index < -0.39 is 23.9 Å². The lowest BCUT2D eigenvalue weighted by Gasteiger charge is -2.16. The van der Waals surface area contributed by atoms with Crippen LogP contribution < -0.4 is 18.9 Å². The number of fused-ring (bicyclic) bond motifs is 6. The summed E-state index contributed by atoms with van der Waals surface area (Å²) in [5, 5.41) is 1.83. The quantitative estimate of drug-likeness (QED) is 0.146. The van der Waals surface area contributed by atoms with Crippen LogP contribution in [0.4, 0.5) is 0 Å². The fourth-order valence-corrected chi connectivity index (χ4v) is 3.61. The van der Waals surface area contributed by atoms with Crippen LogP contribution in [-0.4, -0.2) is 33.8 Å². The van der Waals surface area contributed by atoms with Gasteiger partial charge in [0.2, 0.25) is 0 Å². The monoisotopic (exact) mass is 510 g/mol. The van der Waals surface area contributed by atoms with E-state index in [1.807, 2.05) is 0 Å². The largest absolute Gasteiger partial charge is 0.419 e. The minimum Gasteiger partial charge on any atom is -0.419 e. The number of ether oxygens (including phenoxy) is 4. The summed E-state index contributed by atoms with van der Waals surface area (Å²) < 4.78 is 21.3. The van der Waals surface area contributed by atoms with Crippen LogP contribution in [0, 0.1) is 0 Å². The first kappa shape index (κ1) is 25.5. The maximum absolute atomic E-state index is 12.0. The Labute approximate surface area is 215 Å². The molecule has 4 aromatic rings. The Kier molecular flexibility index (Phi) is 7.06. The lowest BCUT2D eigenvalue weighted by Crippen LogP contribution is -2.09. The van der Waals surface area contributed by atoms with E-state index in [1.54, 1.807) is 0 Å². The second-order valence-corrected chi connectivity index (χ2v) is 7.44. The third kappa shape index (κ3) is 4.86. The molecule has 0 radical (unpaired) electrons. The Hall–Kier alpha value is -5.64. The summed E-state index contributed by atoms with van der Waals surface area (Å²) in [6, 6.07) is 5.82. The van der Waals surface area contributed by atoms with Crippen molar-refractivity contribution >= 4 is 56.5 Å². The highest BCUT2D eigenvalue weighted by Crippen LogP contribution is 2.43. The molecule has 0 unspecified atom stereocenters. The lowest BCUT2D eigenvalue weighted by atomic mass is 9.98. The van der Waals surface area contributed by atoms with Crippen molar-refractivity contribution in [2.75, 3.05) is 0 Å². The Morgan fingerprint density at radius 3 is 1.03 bits per heavy atom. The van der Waals surface area contributed by atoms with Crippen LogP contribution in [0.15, 0.2) is 87.3 Å². The predicted octanol–water partition coefficient (Wildman–Crippen LogP) is 4.30. The van der Waals surface area contributed by atoms with E-state index in [2.05, 4.69) is 36.3 Å². The van der Waals surface area contributed by atoms with Crippen LogP contribution in [0.5, 0.6) is 23.0 Å². The van der Waals surface area contributed by atoms with Crippen LogP contribution in [0.2, 0.25) is 0 Å². The SMILES string of the molecule is C=CC(=O)Oc1cc2c3cc(OC(=O)C=C)c(OC(=O)C=C)cc3c3nccnc3c2cc1OC(=O)C=C. The summed E-state index contributed by atoms with van der Waals surface area (Å²) >= 11 is 0. The smallest absolute Gasteiger partial charge is 0.335 e. The first-order chi connectivity index (χ1) is 18.3. The molecule has 0 aliphatic heterocycles. The zero-order valence-electron chi connectivity index (χ0n) is 19.8. The van der Waals surface area contributed by atoms with Gasteiger partial charge in [0.1, 0.15) is 0 Å². The summed E-state index contributed by atoms with van der Waals surface area (Å²) in [6.45, 7) is 13.5. The molecule has 0 N–H and O–H groups in total. The first-order valence-electron chi connectivity index (χ1n) is 10.8. The van der Waals surface area contributed by atoms with Gasteiger partial charge in [-0.2, -0.15) is 0 Å². The Morgan fingerprint density at radius 1 is 0.500 bits per heavy atom. The topological polar surface area (TPSA) is 131 Å². The second kappa shape index (κ2) is 10.5. The van der Waals surface area contributed by atoms with Crippen molar-refractivity contribution in [3.63, 3.8) is 0 Å². The van der Waals surface area contributed by atoms with Crippen LogP contribution in [0.3, 0.4) is 0 Å². The molecule has 0 spiro atoms. The molecule has 0 aliphatic rings. The van der Waals surface area contributed by atoms with Crippen molar-refractivity contribution in [3.8, 4) is 23.0 Å². The highest BCUT2D eigenvalue weighted by atomic mass is 16.6. The molecule has 0 atom stereocenters. The van der Waals surface area contributed by atoms with Crippen molar-refractivity contribution < 1.29 is 38.1 Å². The van der Waals surface area contributed by atoms with Gasteiger partial charge < -0.3 is 18.9 Å². The number of nitrogens with zero attached hydrogens (tertiary/aromatic N) is 2. The minimum atomic E-state index is -0.802. The molecule has 0 saturated heterocycles. The second-order valence-electron chi connectivity index (χ2n) is 7.44. The third-order valence-corrected chi connectivity index (χ3v) is 5.18. The molecule has 1 aromatic heterocycles. The molecule has 0 aliphatic carbocycles. The van der Waals surface area contributed by atoms with Crippen molar-refractivity contribution in [2.24, 2.45) is 0 Å². The van der Waals surface area contributed by atoms with E-state index in [4.69, 9.17) is 18.9 Å². The van der Waals surface area contributed by atoms with Crippen LogP contribution in [-0.2, 0) is 19.2 Å². The number of rotatable bonds is 8. The standard InChI is InChI=1S/C28H18N2O8/c1-5-23(31)35-19-11-15-16-12-20(36-24(32)6-2)22(38-26(34)8-4)14-18(16)28-27(29-9-10-30-28)17(15)13-21(19)37-25(33)7-3/h5-14H,1-4H2. The van der Waals surface area contributed by atoms with E-state index in [1.165, 1.54) is 36.7 Å². The maximum atomic E-state index is 12.0. The van der Waals surface area contributed by atoms with E-state index in [0.717, 1.165) is 24.3 Å². The third-order valence-electron chi connectivity index (χ3n) is 5.18. The molecule has 0 fully saturated rings. The molecule has 1 heterocycles. The van der Waals surface area contributed by atoms with E-state index in [9.17, 15) is 19.2 Å². The Morgan fingerprint density at radius 2 is 0.763 bits per heavy atom. The van der Waals surface area contributed by atoms with Gasteiger partial charge in [-0.3, -0.25) is 9.97 Å². The molecule has 0 saturated carbocycles. The first-order valence-corrected chi connectivity index (χ1v) is 10.8. The average molecular weight is 510 g/mol. The predicted molar refractivity (Wildman–Crippen MR) is 138 cm³/mol. The summed E-state index contributed by atoms with van der Waals surface area (Å²) in [5.74, 6) is -3.55. The summed E-state index contributed by atoms with van der Waals surface area (Å²) in [7, 11) is 0. The molecule has 188 valence electrons. The van der Waals surface area contributed by atoms with Crippen molar-refractivity contribution in [1.82, 2.24) is 9.97 Å². The summed E-state index contributed by atoms with van der Waals surface area (Å²) in [5.41, 5.74) is 0.786. The highest BCUT2D eigenvalue weighted by Gasteiger charge is 2.21. The number of hydrogen-bond donors (Lipinski definition) is 0. The normalized spacial score (nSPS) is 10.4. The minimum absolute atomic E-state index is 0.0845. The molecular formula is C28H18N2O8. The zero-order valence-corrected chi connectivity index (χ0v) is 19.8. The van der Waals surface area contributed by atoms with E-state index in [0.29, 0.717) is 32.6 Å². The molecule has 0 amide bonds. The number of benzene rings is 3. The number of carbonyl (C=O) groups excluding carboxylic acids is 4. The van der Waals surface area contributed by atoms with Gasteiger partial charge in [-0.1, -0.05) is 26.3 Å². The van der Waals surface area contributed by atoms with Gasteiger partial charge >= 0.3 is 23.9 Å². The van der Waals surface area contributed by atoms with Gasteiger partial charge in [0, 0.05) is 47.5 Å². The van der Waals surface area contributed by atoms with Crippen LogP contribution >= 0.6 is 0 Å². The Balaban J connectivity index is 2.14. The molecule has 4 rings (SSSR count). The number of esters is 4. The van der Waals surface area contributed by atoms with E-state index >= 15 is 0 Å². The van der Waals surface area contributed by atoms with Gasteiger partial charge in [0.05, 0.1) is 11.0 Å². The average Bonchev–Trinajstić information content (AvgIpc) is 2.93.